The van der Waals surface area contributed by atoms with E-state index in [1.54, 1.807) is 23.3 Å². The summed E-state index contributed by atoms with van der Waals surface area (Å²) < 4.78 is 7.00. The molecule has 0 radical (unpaired) electrons. The van der Waals surface area contributed by atoms with Gasteiger partial charge in [-0.3, -0.25) is 4.57 Å². The summed E-state index contributed by atoms with van der Waals surface area (Å²) >= 11 is 0. The van der Waals surface area contributed by atoms with E-state index >= 15 is 0 Å². The highest BCUT2D eigenvalue weighted by molar-refractivity contribution is 5.35. The van der Waals surface area contributed by atoms with Gasteiger partial charge in [0.25, 0.3) is 0 Å². The first-order chi connectivity index (χ1) is 9.31. The largest absolute Gasteiger partial charge is 0.381 e. The molecule has 100 valence electrons. The van der Waals surface area contributed by atoms with Crippen molar-refractivity contribution < 1.29 is 4.74 Å². The standard InChI is InChI=1S/C11H15N7O/c12-9-15-10(14-5-8-1-4-19-6-8)17-11(16-9)18-3-2-13-7-18/h2-3,7-8H,1,4-6H2,(H3,12,14,15,16,17). The summed E-state index contributed by atoms with van der Waals surface area (Å²) in [4.78, 5) is 16.4. The SMILES string of the molecule is Nc1nc(NCC2CCOC2)nc(-n2ccnc2)n1. The van der Waals surface area contributed by atoms with Gasteiger partial charge < -0.3 is 15.8 Å². The van der Waals surface area contributed by atoms with Crippen LogP contribution in [0.4, 0.5) is 11.9 Å². The van der Waals surface area contributed by atoms with Crippen LogP contribution in [-0.4, -0.2) is 44.3 Å². The molecular formula is C11H15N7O. The van der Waals surface area contributed by atoms with E-state index < -0.39 is 0 Å². The highest BCUT2D eigenvalue weighted by atomic mass is 16.5. The topological polar surface area (TPSA) is 104 Å². The second-order valence-corrected chi connectivity index (χ2v) is 4.40. The minimum Gasteiger partial charge on any atom is -0.381 e. The minimum atomic E-state index is 0.184. The Bertz CT molecular complexity index is 536. The summed E-state index contributed by atoms with van der Waals surface area (Å²) in [5.41, 5.74) is 5.69. The lowest BCUT2D eigenvalue weighted by molar-refractivity contribution is 0.187. The normalized spacial score (nSPS) is 18.6. The number of aromatic nitrogens is 5. The van der Waals surface area contributed by atoms with Crippen molar-refractivity contribution in [1.29, 1.82) is 0 Å². The monoisotopic (exact) mass is 261 g/mol. The van der Waals surface area contributed by atoms with E-state index in [4.69, 9.17) is 10.5 Å². The van der Waals surface area contributed by atoms with Crippen molar-refractivity contribution in [3.63, 3.8) is 0 Å². The van der Waals surface area contributed by atoms with Gasteiger partial charge in [-0.05, 0) is 6.42 Å². The first kappa shape index (κ1) is 11.8. The van der Waals surface area contributed by atoms with Crippen LogP contribution in [0.3, 0.4) is 0 Å². The van der Waals surface area contributed by atoms with Gasteiger partial charge in [-0.2, -0.15) is 15.0 Å². The van der Waals surface area contributed by atoms with E-state index in [2.05, 4.69) is 25.3 Å². The smallest absolute Gasteiger partial charge is 0.241 e. The van der Waals surface area contributed by atoms with Crippen molar-refractivity contribution in [2.45, 2.75) is 6.42 Å². The lowest BCUT2D eigenvalue weighted by Gasteiger charge is -2.10. The van der Waals surface area contributed by atoms with E-state index in [1.807, 2.05) is 0 Å². The maximum atomic E-state index is 5.69. The molecule has 0 aromatic carbocycles. The van der Waals surface area contributed by atoms with Crippen LogP contribution in [0.5, 0.6) is 0 Å². The summed E-state index contributed by atoms with van der Waals surface area (Å²) in [6.07, 6.45) is 6.08. The van der Waals surface area contributed by atoms with Gasteiger partial charge >= 0.3 is 0 Å². The lowest BCUT2D eigenvalue weighted by atomic mass is 10.1. The molecule has 8 heteroatoms. The molecule has 2 aromatic heterocycles. The van der Waals surface area contributed by atoms with Crippen molar-refractivity contribution in [1.82, 2.24) is 24.5 Å². The van der Waals surface area contributed by atoms with Gasteiger partial charge in [0.1, 0.15) is 6.33 Å². The summed E-state index contributed by atoms with van der Waals surface area (Å²) in [6.45, 7) is 2.38. The number of nitrogens with two attached hydrogens (primary N) is 1. The third-order valence-electron chi connectivity index (χ3n) is 2.95. The maximum Gasteiger partial charge on any atom is 0.241 e. The number of ether oxygens (including phenoxy) is 1. The van der Waals surface area contributed by atoms with Gasteiger partial charge in [-0.25, -0.2) is 4.98 Å². The molecule has 1 aliphatic heterocycles. The van der Waals surface area contributed by atoms with E-state index in [0.717, 1.165) is 26.2 Å². The van der Waals surface area contributed by atoms with Crippen LogP contribution in [0.2, 0.25) is 0 Å². The molecule has 0 saturated carbocycles. The van der Waals surface area contributed by atoms with Gasteiger partial charge in [0.05, 0.1) is 6.61 Å². The molecule has 0 amide bonds. The second kappa shape index (κ2) is 5.19. The fourth-order valence-electron chi connectivity index (χ4n) is 1.93. The number of imidazole rings is 1. The number of hydrogen-bond donors (Lipinski definition) is 2. The fourth-order valence-corrected chi connectivity index (χ4v) is 1.93. The predicted octanol–water partition coefficient (Wildman–Crippen LogP) is 0.0879. The van der Waals surface area contributed by atoms with Crippen LogP contribution < -0.4 is 11.1 Å². The Kier molecular flexibility index (Phi) is 3.23. The molecule has 0 aliphatic carbocycles. The third-order valence-corrected chi connectivity index (χ3v) is 2.95. The molecule has 8 nitrogen and oxygen atoms in total. The van der Waals surface area contributed by atoms with Gasteiger partial charge in [0, 0.05) is 31.5 Å². The number of anilines is 2. The van der Waals surface area contributed by atoms with E-state index in [-0.39, 0.29) is 5.95 Å². The van der Waals surface area contributed by atoms with Crippen LogP contribution >= 0.6 is 0 Å². The Morgan fingerprint density at radius 3 is 3.11 bits per heavy atom. The first-order valence-corrected chi connectivity index (χ1v) is 6.13. The lowest BCUT2D eigenvalue weighted by Crippen LogP contribution is -2.17. The average molecular weight is 261 g/mol. The number of rotatable bonds is 4. The molecule has 3 rings (SSSR count). The van der Waals surface area contributed by atoms with E-state index in [9.17, 15) is 0 Å². The quantitative estimate of drug-likeness (QED) is 0.803. The highest BCUT2D eigenvalue weighted by Gasteiger charge is 2.16. The first-order valence-electron chi connectivity index (χ1n) is 6.13. The molecule has 1 unspecified atom stereocenters. The molecule has 0 spiro atoms. The van der Waals surface area contributed by atoms with Crippen LogP contribution in [0.25, 0.3) is 5.95 Å². The van der Waals surface area contributed by atoms with Crippen molar-refractivity contribution in [2.24, 2.45) is 5.92 Å². The minimum absolute atomic E-state index is 0.184. The zero-order chi connectivity index (χ0) is 13.1. The molecule has 3 N–H and O–H groups in total. The number of hydrogen-bond acceptors (Lipinski definition) is 7. The molecule has 0 bridgehead atoms. The number of nitrogens with one attached hydrogen (secondary N) is 1. The Morgan fingerprint density at radius 2 is 2.37 bits per heavy atom. The van der Waals surface area contributed by atoms with E-state index in [1.165, 1.54) is 0 Å². The van der Waals surface area contributed by atoms with Gasteiger partial charge in [-0.1, -0.05) is 0 Å². The molecule has 1 aliphatic rings. The van der Waals surface area contributed by atoms with Gasteiger partial charge in [-0.15, -0.1) is 0 Å². The van der Waals surface area contributed by atoms with Crippen LogP contribution in [0, 0.1) is 5.92 Å². The Balaban J connectivity index is 1.74. The van der Waals surface area contributed by atoms with Gasteiger partial charge in [0.15, 0.2) is 0 Å². The Morgan fingerprint density at radius 1 is 1.42 bits per heavy atom. The zero-order valence-corrected chi connectivity index (χ0v) is 10.4. The predicted molar refractivity (Wildman–Crippen MR) is 68.8 cm³/mol. The molecule has 19 heavy (non-hydrogen) atoms. The highest BCUT2D eigenvalue weighted by Crippen LogP contribution is 2.13. The average Bonchev–Trinajstić information content (AvgIpc) is 3.09. The molecular weight excluding hydrogens is 246 g/mol. The maximum absolute atomic E-state index is 5.69. The van der Waals surface area contributed by atoms with Crippen LogP contribution in [-0.2, 0) is 4.74 Å². The molecule has 1 saturated heterocycles. The fraction of sp³-hybridized carbons (Fsp3) is 0.455. The summed E-state index contributed by atoms with van der Waals surface area (Å²) in [7, 11) is 0. The van der Waals surface area contributed by atoms with E-state index in [0.29, 0.717) is 17.8 Å². The number of nitrogen functional groups attached to an aromatic ring is 1. The summed E-state index contributed by atoms with van der Waals surface area (Å²) in [6, 6.07) is 0. The molecule has 2 aromatic rings. The van der Waals surface area contributed by atoms with Crippen molar-refractivity contribution in [3.8, 4) is 5.95 Å². The van der Waals surface area contributed by atoms with Gasteiger partial charge in [0.2, 0.25) is 17.8 Å². The number of nitrogens with zero attached hydrogens (tertiary/aromatic N) is 5. The molecule has 1 atom stereocenters. The second-order valence-electron chi connectivity index (χ2n) is 4.40. The Hall–Kier alpha value is -2.22. The summed E-state index contributed by atoms with van der Waals surface area (Å²) in [5.74, 6) is 1.61. The molecule has 1 fully saturated rings. The van der Waals surface area contributed by atoms with Crippen molar-refractivity contribution >= 4 is 11.9 Å². The van der Waals surface area contributed by atoms with Crippen molar-refractivity contribution in [3.05, 3.63) is 18.7 Å². The molecule has 3 heterocycles. The van der Waals surface area contributed by atoms with Crippen molar-refractivity contribution in [2.75, 3.05) is 30.8 Å². The zero-order valence-electron chi connectivity index (χ0n) is 10.4. The summed E-state index contributed by atoms with van der Waals surface area (Å²) in [5, 5.41) is 3.17. The Labute approximate surface area is 110 Å². The third kappa shape index (κ3) is 2.79. The van der Waals surface area contributed by atoms with Crippen LogP contribution in [0.15, 0.2) is 18.7 Å². The van der Waals surface area contributed by atoms with Crippen LogP contribution in [0.1, 0.15) is 6.42 Å².